The van der Waals surface area contributed by atoms with Crippen molar-refractivity contribution >= 4 is 42.0 Å². The molecule has 8 heterocycles. The summed E-state index contributed by atoms with van der Waals surface area (Å²) in [6, 6.07) is 14.9. The van der Waals surface area contributed by atoms with Gasteiger partial charge >= 0.3 is 12.1 Å². The number of halogens is 2. The van der Waals surface area contributed by atoms with Gasteiger partial charge in [-0.3, -0.25) is 43.6 Å². The number of aliphatic hydroxyl groups is 1. The van der Waals surface area contributed by atoms with Gasteiger partial charge in [-0.2, -0.15) is 15.5 Å². The largest absolute Gasteiger partial charge is 0.480 e. The van der Waals surface area contributed by atoms with Gasteiger partial charge in [-0.25, -0.2) is 19.6 Å². The summed E-state index contributed by atoms with van der Waals surface area (Å²) in [4.78, 5) is 70.4. The predicted molar refractivity (Wildman–Crippen MR) is 474 cm³/mol. The number of amides is 2. The molecule has 0 unspecified atom stereocenters. The maximum atomic E-state index is 13.2. The molecule has 0 bridgehead atoms. The third kappa shape index (κ3) is 28.2. The summed E-state index contributed by atoms with van der Waals surface area (Å²) >= 11 is 5.89. The van der Waals surface area contributed by atoms with E-state index in [0.29, 0.717) is 33.8 Å². The van der Waals surface area contributed by atoms with Crippen LogP contribution in [0.25, 0.3) is 0 Å². The number of ether oxygens (including phenoxy) is 1. The van der Waals surface area contributed by atoms with Crippen molar-refractivity contribution in [2.24, 2.45) is 0 Å². The smallest absolute Gasteiger partial charge is 0.411 e. The molecule has 4 N–H and O–H groups in total. The van der Waals surface area contributed by atoms with Crippen LogP contribution >= 0.6 is 24.0 Å². The number of aryl methyl sites for hydroxylation is 2. The van der Waals surface area contributed by atoms with Gasteiger partial charge in [0.25, 0.3) is 0 Å². The molecule has 660 valence electrons. The number of benzene rings is 2. The highest BCUT2D eigenvalue weighted by Gasteiger charge is 2.45. The van der Waals surface area contributed by atoms with Crippen LogP contribution in [-0.2, 0) is 46.8 Å². The third-order valence-corrected chi connectivity index (χ3v) is 28.2. The van der Waals surface area contributed by atoms with E-state index in [1.54, 1.807) is 57.7 Å². The van der Waals surface area contributed by atoms with Gasteiger partial charge in [-0.15, -0.1) is 19.0 Å². The molecule has 15 rings (SSSR count). The topological polar surface area (TPSA) is 243 Å². The second-order valence-electron chi connectivity index (χ2n) is 36.9. The van der Waals surface area contributed by atoms with Gasteiger partial charge in [-0.1, -0.05) is 150 Å². The van der Waals surface area contributed by atoms with E-state index < -0.39 is 35.7 Å². The lowest BCUT2D eigenvalue weighted by Gasteiger charge is -2.49. The van der Waals surface area contributed by atoms with E-state index in [0.717, 1.165) is 88.3 Å². The lowest BCUT2D eigenvalue weighted by Crippen LogP contribution is -2.57. The molecule has 2 atom stereocenters. The number of nitriles is 1. The number of aromatic nitrogens is 6. The first-order valence-corrected chi connectivity index (χ1v) is 45.7. The summed E-state index contributed by atoms with van der Waals surface area (Å²) in [7, 11) is 8.83. The second-order valence-corrected chi connectivity index (χ2v) is 37.4. The molecule has 0 spiro atoms. The highest BCUT2D eigenvalue weighted by atomic mass is 35.5. The molecule has 6 aliphatic heterocycles. The number of aliphatic hydroxyl groups excluding tert-OH is 1. The lowest BCUT2D eigenvalue weighted by atomic mass is 9.77. The summed E-state index contributed by atoms with van der Waals surface area (Å²) in [5.74, 6) is -1.69. The van der Waals surface area contributed by atoms with E-state index in [-0.39, 0.29) is 37.3 Å². The van der Waals surface area contributed by atoms with Gasteiger partial charge in [0, 0.05) is 191 Å². The number of piperazine rings is 5. The third-order valence-electron chi connectivity index (χ3n) is 28.0. The molecule has 118 heavy (non-hydrogen) atoms. The van der Waals surface area contributed by atoms with Gasteiger partial charge < -0.3 is 45.2 Å². The fourth-order valence-corrected chi connectivity index (χ4v) is 20.7. The van der Waals surface area contributed by atoms with Crippen molar-refractivity contribution < 1.29 is 29.3 Å². The number of carbonyl (C=O) groups is 3. The molecule has 2 aromatic carbocycles. The number of carbonyl (C=O) groups excluding carboxylic acids is 2. The number of likely N-dealkylation sites (N-methyl/N-ethyl adjacent to an activating group) is 4. The number of nitrogens with zero attached hydrogens (tertiary/aromatic N) is 17. The fourth-order valence-electron chi connectivity index (χ4n) is 20.6. The molecule has 25 nitrogen and oxygen atoms in total. The monoisotopic (exact) mass is 1680 g/mol. The number of hydrogen-bond donors (Lipinski definition) is 4. The fraction of sp³-hybridized carbons (Fsp3) is 0.758. The highest BCUT2D eigenvalue weighted by Crippen LogP contribution is 2.42. The Morgan fingerprint density at radius 3 is 1.39 bits per heavy atom. The molecule has 4 aromatic rings. The molecular weight excluding hydrogens is 1530 g/mol. The predicted octanol–water partition coefficient (Wildman–Crippen LogP) is 12.0. The van der Waals surface area contributed by atoms with Crippen molar-refractivity contribution in [1.82, 2.24) is 89.2 Å². The first-order valence-electron chi connectivity index (χ1n) is 45.4. The zero-order valence-corrected chi connectivity index (χ0v) is 75.0. The maximum Gasteiger partial charge on any atom is 0.411 e. The summed E-state index contributed by atoms with van der Waals surface area (Å²) in [5.41, 5.74) is 3.29. The molecule has 2 aromatic heterocycles. The van der Waals surface area contributed by atoms with Crippen LogP contribution in [-0.4, -0.2) is 318 Å². The number of carboxylic acids is 1. The SMILES string of the molecule is C=CC1(N2CCN(C)CC2)CCCCC1.CC(C)(C)OC(=O)N1Cc2ccccc2C[C@@H]1C(=O)N[C@H](Cc1ccc(Cl)cc1)C(=O)O.CN1CCN(C2(C#N)CCCCC2)CC1.CN1CCN(C2(CCO)CCCCC2)CC1.CN1CCN(C2(CCn3cncn3)CCCCC2)CC1.Cl.c1ncn(CCC2(N3CCNCC3)CCCCC2)n1. The van der Waals surface area contributed by atoms with Crippen LogP contribution in [0.3, 0.4) is 0 Å². The van der Waals surface area contributed by atoms with Crippen molar-refractivity contribution in [1.29, 1.82) is 5.26 Å². The van der Waals surface area contributed by atoms with Gasteiger partial charge in [0.2, 0.25) is 5.91 Å². The van der Waals surface area contributed by atoms with Crippen molar-refractivity contribution in [2.45, 2.75) is 278 Å². The van der Waals surface area contributed by atoms with E-state index in [4.69, 9.17) is 16.3 Å². The molecular formula is C91H151Cl2N19O6. The number of rotatable bonds is 19. The van der Waals surface area contributed by atoms with Gasteiger partial charge in [-0.05, 0) is 161 Å². The van der Waals surface area contributed by atoms with Crippen molar-refractivity contribution in [2.75, 3.05) is 166 Å². The molecule has 5 saturated carbocycles. The average molecular weight is 1680 g/mol. The number of carboxylic acid groups (broad SMARTS) is 1. The first-order chi connectivity index (χ1) is 56.5. The van der Waals surface area contributed by atoms with Crippen LogP contribution in [0.2, 0.25) is 5.02 Å². The molecule has 2 amide bonds. The standard InChI is InChI=1S/C24H27ClN2O5.C15H27N5.C14H25N5.C13H26N2O.C13H24N2.C12H21N3.ClH/c1-24(2,3)32-23(31)27-14-17-7-5-4-6-16(17)13-20(27)21(28)26-19(22(29)30)12-15-8-10-18(25)11-9-15;1-18-9-11-19(12-10-18)15(5-3-2-4-6-15)7-8-20-14-16-13-17-20;1-2-4-14(5-3-1,18-10-7-15-8-11-18)6-9-19-13-16-12-17-19;1-14-8-10-15(11-9-14)13(7-12-16)5-3-2-4-6-13;1-3-13(7-5-4-6-8-13)15-11-9-14(2)10-12-15;1-14-7-9-15(10-8-14)12(11-13)5-3-2-4-6-12;/h4-11,19-20H,12-14H2,1-3H3,(H,26,28)(H,29,30);13-14H,2-12H2,1H3;12-13,15H,1-11H2;16H,2-12H2,1H3;3H,1,4-12H2,2H3;2-10H2,1H3;1H/t19-,20-;;;;;;/m1....../s1. The Morgan fingerprint density at radius 2 is 0.983 bits per heavy atom. The second kappa shape index (κ2) is 47.8. The Hall–Kier alpha value is -5.70. The Labute approximate surface area is 720 Å². The van der Waals surface area contributed by atoms with Gasteiger partial charge in [0.1, 0.15) is 48.5 Å². The summed E-state index contributed by atoms with van der Waals surface area (Å²) in [6.07, 6.45) is 45.8. The first kappa shape index (κ1) is 96.1. The number of aliphatic carboxylic acids is 1. The highest BCUT2D eigenvalue weighted by molar-refractivity contribution is 6.30. The van der Waals surface area contributed by atoms with Crippen LogP contribution < -0.4 is 10.6 Å². The zero-order chi connectivity index (χ0) is 83.2. The summed E-state index contributed by atoms with van der Waals surface area (Å²) in [5, 5.41) is 43.6. The number of fused-ring (bicyclic) bond motifs is 1. The minimum absolute atomic E-state index is 0. The van der Waals surface area contributed by atoms with E-state index in [1.165, 1.54) is 257 Å². The van der Waals surface area contributed by atoms with Crippen molar-refractivity contribution in [3.8, 4) is 6.07 Å². The molecule has 5 saturated heterocycles. The van der Waals surface area contributed by atoms with Crippen LogP contribution in [0.4, 0.5) is 4.79 Å². The van der Waals surface area contributed by atoms with Crippen LogP contribution in [0, 0.1) is 11.3 Å². The lowest BCUT2D eigenvalue weighted by molar-refractivity contribution is -0.142. The normalized spacial score (nSPS) is 23.8. The van der Waals surface area contributed by atoms with E-state index in [2.05, 4.69) is 122 Å². The Bertz CT molecular complexity index is 3550. The van der Waals surface area contributed by atoms with E-state index in [9.17, 15) is 29.9 Å². The van der Waals surface area contributed by atoms with Crippen LogP contribution in [0.5, 0.6) is 0 Å². The van der Waals surface area contributed by atoms with Gasteiger partial charge in [0.15, 0.2) is 0 Å². The maximum absolute atomic E-state index is 13.2. The zero-order valence-electron chi connectivity index (χ0n) is 73.5. The minimum atomic E-state index is -1.16. The number of hydrogen-bond acceptors (Lipinski definition) is 20. The quantitative estimate of drug-likeness (QED) is 0.0638. The summed E-state index contributed by atoms with van der Waals surface area (Å²) < 4.78 is 9.49. The van der Waals surface area contributed by atoms with Crippen molar-refractivity contribution in [3.05, 3.63) is 108 Å². The van der Waals surface area contributed by atoms with E-state index >= 15 is 0 Å². The van der Waals surface area contributed by atoms with Crippen LogP contribution in [0.1, 0.15) is 217 Å². The molecule has 5 aliphatic carbocycles. The molecule has 10 fully saturated rings. The van der Waals surface area contributed by atoms with E-state index in [1.807, 2.05) is 46.3 Å². The molecule has 0 radical (unpaired) electrons. The number of nitrogens with one attached hydrogen (secondary N) is 2. The van der Waals surface area contributed by atoms with Crippen LogP contribution in [0.15, 0.2) is 86.5 Å². The minimum Gasteiger partial charge on any atom is -0.480 e. The van der Waals surface area contributed by atoms with Gasteiger partial charge in [0.05, 0.1) is 12.6 Å². The molecule has 11 aliphatic rings. The Kier molecular flexibility index (Phi) is 38.9. The Balaban J connectivity index is 0.000000165. The Morgan fingerprint density at radius 1 is 0.576 bits per heavy atom. The summed E-state index contributed by atoms with van der Waals surface area (Å²) in [6.45, 7) is 35.5. The molecule has 27 heteroatoms. The van der Waals surface area contributed by atoms with Crippen molar-refractivity contribution in [3.63, 3.8) is 0 Å². The average Bonchev–Trinajstić information content (AvgIpc) is 1.41.